The predicted octanol–water partition coefficient (Wildman–Crippen LogP) is 3.20. The Hall–Kier alpha value is -2.56. The van der Waals surface area contributed by atoms with Gasteiger partial charge in [-0.2, -0.15) is 0 Å². The molecule has 2 amide bonds. The summed E-state index contributed by atoms with van der Waals surface area (Å²) >= 11 is 0. The molecule has 120 valence electrons. The first-order chi connectivity index (χ1) is 11.1. The average Bonchev–Trinajstić information content (AvgIpc) is 2.62. The van der Waals surface area contributed by atoms with Gasteiger partial charge in [-0.05, 0) is 36.4 Å². The summed E-state index contributed by atoms with van der Waals surface area (Å²) in [6.45, 7) is 2.82. The summed E-state index contributed by atoms with van der Waals surface area (Å²) in [6.07, 6.45) is 0. The minimum absolute atomic E-state index is 0.00922. The Bertz CT molecular complexity index is 652. The van der Waals surface area contributed by atoms with Crippen LogP contribution in [0.4, 0.5) is 20.6 Å². The van der Waals surface area contributed by atoms with Gasteiger partial charge in [0.1, 0.15) is 5.82 Å². The lowest BCUT2D eigenvalue weighted by Gasteiger charge is -2.37. The van der Waals surface area contributed by atoms with Crippen molar-refractivity contribution in [2.75, 3.05) is 43.0 Å². The third-order valence-electron chi connectivity index (χ3n) is 4.17. The molecule has 0 unspecified atom stereocenters. The van der Waals surface area contributed by atoms with E-state index in [9.17, 15) is 9.18 Å². The molecule has 0 aromatic heterocycles. The van der Waals surface area contributed by atoms with Crippen LogP contribution in [-0.4, -0.2) is 44.2 Å². The molecule has 0 atom stereocenters. The van der Waals surface area contributed by atoms with Gasteiger partial charge in [0.05, 0.1) is 0 Å². The number of piperazine rings is 1. The summed E-state index contributed by atoms with van der Waals surface area (Å²) in [5.74, 6) is -0.230. The van der Waals surface area contributed by atoms with E-state index in [1.165, 1.54) is 12.1 Å². The lowest BCUT2D eigenvalue weighted by atomic mass is 10.2. The monoisotopic (exact) mass is 313 g/mol. The summed E-state index contributed by atoms with van der Waals surface area (Å²) < 4.78 is 13.0. The SMILES string of the molecule is CN(C(=O)N1CCN(c2ccc(F)cc2)CC1)c1ccccc1. The summed E-state index contributed by atoms with van der Waals surface area (Å²) in [6, 6.07) is 16.1. The molecule has 3 rings (SSSR count). The second kappa shape index (κ2) is 6.69. The molecule has 1 aliphatic heterocycles. The highest BCUT2D eigenvalue weighted by Gasteiger charge is 2.24. The normalized spacial score (nSPS) is 14.7. The Morgan fingerprint density at radius 3 is 2.17 bits per heavy atom. The van der Waals surface area contributed by atoms with Crippen LogP contribution in [0.1, 0.15) is 0 Å². The number of nitrogens with zero attached hydrogens (tertiary/aromatic N) is 3. The number of benzene rings is 2. The average molecular weight is 313 g/mol. The maximum absolute atomic E-state index is 13.0. The van der Waals surface area contributed by atoms with Crippen molar-refractivity contribution in [1.29, 1.82) is 0 Å². The third-order valence-corrected chi connectivity index (χ3v) is 4.17. The maximum atomic E-state index is 13.0. The highest BCUT2D eigenvalue weighted by molar-refractivity contribution is 5.91. The van der Waals surface area contributed by atoms with Gasteiger partial charge in [0.2, 0.25) is 0 Å². The van der Waals surface area contributed by atoms with Gasteiger partial charge in [0.25, 0.3) is 0 Å². The second-order valence-electron chi connectivity index (χ2n) is 5.63. The summed E-state index contributed by atoms with van der Waals surface area (Å²) in [5, 5.41) is 0. The van der Waals surface area contributed by atoms with Crippen LogP contribution in [0.15, 0.2) is 54.6 Å². The van der Waals surface area contributed by atoms with Crippen LogP contribution >= 0.6 is 0 Å². The Balaban J connectivity index is 1.60. The van der Waals surface area contributed by atoms with Gasteiger partial charge in [-0.1, -0.05) is 18.2 Å². The van der Waals surface area contributed by atoms with Crippen LogP contribution in [0.5, 0.6) is 0 Å². The molecular formula is C18H20FN3O. The first kappa shape index (κ1) is 15.3. The number of para-hydroxylation sites is 1. The molecule has 0 bridgehead atoms. The Morgan fingerprint density at radius 2 is 1.57 bits per heavy atom. The van der Waals surface area contributed by atoms with Gasteiger partial charge < -0.3 is 9.80 Å². The van der Waals surface area contributed by atoms with E-state index < -0.39 is 0 Å². The minimum atomic E-state index is -0.230. The van der Waals surface area contributed by atoms with E-state index in [0.717, 1.165) is 24.5 Å². The highest BCUT2D eigenvalue weighted by Crippen LogP contribution is 2.19. The predicted molar refractivity (Wildman–Crippen MR) is 90.4 cm³/mol. The molecule has 1 saturated heterocycles. The quantitative estimate of drug-likeness (QED) is 0.851. The van der Waals surface area contributed by atoms with E-state index in [2.05, 4.69) is 4.90 Å². The number of amides is 2. The second-order valence-corrected chi connectivity index (χ2v) is 5.63. The maximum Gasteiger partial charge on any atom is 0.324 e. The van der Waals surface area contributed by atoms with Gasteiger partial charge in [-0.25, -0.2) is 9.18 Å². The summed E-state index contributed by atoms with van der Waals surface area (Å²) in [5.41, 5.74) is 1.88. The first-order valence-corrected chi connectivity index (χ1v) is 7.73. The lowest BCUT2D eigenvalue weighted by Crippen LogP contribution is -2.52. The van der Waals surface area contributed by atoms with Crippen molar-refractivity contribution in [1.82, 2.24) is 4.90 Å². The Labute approximate surface area is 135 Å². The van der Waals surface area contributed by atoms with Gasteiger partial charge >= 0.3 is 6.03 Å². The molecule has 23 heavy (non-hydrogen) atoms. The standard InChI is InChI=1S/C18H20FN3O/c1-20(16-5-3-2-4-6-16)18(23)22-13-11-21(12-14-22)17-9-7-15(19)8-10-17/h2-10H,11-14H2,1H3. The number of halogens is 1. The molecule has 1 heterocycles. The van der Waals surface area contributed by atoms with Gasteiger partial charge in [-0.3, -0.25) is 4.90 Å². The molecular weight excluding hydrogens is 293 g/mol. The van der Waals surface area contributed by atoms with Crippen LogP contribution in [0.3, 0.4) is 0 Å². The van der Waals surface area contributed by atoms with Gasteiger partial charge in [0.15, 0.2) is 0 Å². The third kappa shape index (κ3) is 3.44. The molecule has 1 aliphatic rings. The topological polar surface area (TPSA) is 26.8 Å². The van der Waals surface area contributed by atoms with E-state index in [4.69, 9.17) is 0 Å². The summed E-state index contributed by atoms with van der Waals surface area (Å²) in [7, 11) is 1.80. The first-order valence-electron chi connectivity index (χ1n) is 7.73. The van der Waals surface area contributed by atoms with Gasteiger partial charge in [0, 0.05) is 44.6 Å². The molecule has 5 heteroatoms. The van der Waals surface area contributed by atoms with Crippen molar-refractivity contribution in [3.63, 3.8) is 0 Å². The van der Waals surface area contributed by atoms with E-state index in [1.807, 2.05) is 35.2 Å². The van der Waals surface area contributed by atoms with Crippen molar-refractivity contribution >= 4 is 17.4 Å². The number of carbonyl (C=O) groups is 1. The van der Waals surface area contributed by atoms with Crippen molar-refractivity contribution in [2.45, 2.75) is 0 Å². The fourth-order valence-electron chi connectivity index (χ4n) is 2.78. The molecule has 1 fully saturated rings. The Kier molecular flexibility index (Phi) is 4.46. The van der Waals surface area contributed by atoms with Crippen LogP contribution < -0.4 is 9.80 Å². The largest absolute Gasteiger partial charge is 0.368 e. The van der Waals surface area contributed by atoms with Crippen molar-refractivity contribution in [2.24, 2.45) is 0 Å². The van der Waals surface area contributed by atoms with Gasteiger partial charge in [-0.15, -0.1) is 0 Å². The minimum Gasteiger partial charge on any atom is -0.368 e. The fourth-order valence-corrected chi connectivity index (χ4v) is 2.78. The molecule has 0 saturated carbocycles. The van der Waals surface area contributed by atoms with E-state index >= 15 is 0 Å². The van der Waals surface area contributed by atoms with E-state index in [0.29, 0.717) is 13.1 Å². The fraction of sp³-hybridized carbons (Fsp3) is 0.278. The molecule has 4 nitrogen and oxygen atoms in total. The molecule has 0 aliphatic carbocycles. The number of rotatable bonds is 2. The van der Waals surface area contributed by atoms with Crippen molar-refractivity contribution in [3.8, 4) is 0 Å². The highest BCUT2D eigenvalue weighted by atomic mass is 19.1. The van der Waals surface area contributed by atoms with E-state index in [-0.39, 0.29) is 11.8 Å². The van der Waals surface area contributed by atoms with Crippen LogP contribution in [0.2, 0.25) is 0 Å². The number of hydrogen-bond acceptors (Lipinski definition) is 2. The molecule has 0 radical (unpaired) electrons. The smallest absolute Gasteiger partial charge is 0.324 e. The zero-order chi connectivity index (χ0) is 16.2. The van der Waals surface area contributed by atoms with Crippen LogP contribution in [0.25, 0.3) is 0 Å². The number of hydrogen-bond donors (Lipinski definition) is 0. The number of carbonyl (C=O) groups excluding carboxylic acids is 1. The summed E-state index contributed by atoms with van der Waals surface area (Å²) in [4.78, 5) is 18.3. The lowest BCUT2D eigenvalue weighted by molar-refractivity contribution is 0.202. The van der Waals surface area contributed by atoms with Crippen molar-refractivity contribution < 1.29 is 9.18 Å². The zero-order valence-corrected chi connectivity index (χ0v) is 13.2. The van der Waals surface area contributed by atoms with E-state index in [1.54, 1.807) is 24.1 Å². The number of urea groups is 1. The molecule has 0 spiro atoms. The zero-order valence-electron chi connectivity index (χ0n) is 13.2. The van der Waals surface area contributed by atoms with Crippen LogP contribution in [-0.2, 0) is 0 Å². The molecule has 2 aromatic rings. The van der Waals surface area contributed by atoms with Crippen LogP contribution in [0, 0.1) is 5.82 Å². The van der Waals surface area contributed by atoms with Crippen molar-refractivity contribution in [3.05, 3.63) is 60.4 Å². The Morgan fingerprint density at radius 1 is 0.957 bits per heavy atom. The number of anilines is 2. The molecule has 0 N–H and O–H groups in total. The molecule has 2 aromatic carbocycles.